The number of phenolic OH excluding ortho intramolecular Hbond substituents is 1. The van der Waals surface area contributed by atoms with Gasteiger partial charge in [-0.05, 0) is 95.7 Å². The summed E-state index contributed by atoms with van der Waals surface area (Å²) in [5.41, 5.74) is -2.89. The van der Waals surface area contributed by atoms with Gasteiger partial charge in [-0.1, -0.05) is 31.4 Å². The maximum absolute atomic E-state index is 13.8. The van der Waals surface area contributed by atoms with E-state index in [2.05, 4.69) is 95.1 Å². The van der Waals surface area contributed by atoms with Crippen molar-refractivity contribution in [1.29, 1.82) is 0 Å². The number of nitrogens with one attached hydrogen (secondary N) is 3. The van der Waals surface area contributed by atoms with Crippen molar-refractivity contribution in [1.82, 2.24) is 16.0 Å². The van der Waals surface area contributed by atoms with E-state index >= 15 is 0 Å². The summed E-state index contributed by atoms with van der Waals surface area (Å²) in [5.74, 6) is -4.53. The Balaban J connectivity index is 1.49. The van der Waals surface area contributed by atoms with E-state index in [9.17, 15) is 50.3 Å². The molecule has 7 bridgehead atoms. The quantitative estimate of drug-likeness (QED) is 0.0763. The first-order valence-electron chi connectivity index (χ1n) is 17.6. The van der Waals surface area contributed by atoms with E-state index in [-0.39, 0.29) is 71.2 Å². The molecule has 1 spiro atoms. The van der Waals surface area contributed by atoms with Crippen LogP contribution in [0, 0.1) is 0 Å². The van der Waals surface area contributed by atoms with E-state index in [1.807, 2.05) is 0 Å². The molecule has 0 radical (unpaired) electrons. The van der Waals surface area contributed by atoms with Crippen LogP contribution >= 0.6 is 63.7 Å². The molecule has 2 aromatic rings. The molecular weight excluding hydrogens is 1050 g/mol. The molecule has 4 aliphatic heterocycles. The monoisotopic (exact) mass is 1080 g/mol. The molecule has 59 heavy (non-hydrogen) atoms. The first-order valence-corrected chi connectivity index (χ1v) is 20.9. The number of ether oxygens (including phenoxy) is 3. The Labute approximate surface area is 367 Å². The van der Waals surface area contributed by atoms with Gasteiger partial charge in [0.15, 0.2) is 29.1 Å². The zero-order valence-electron chi connectivity index (χ0n) is 30.3. The molecule has 4 heterocycles. The molecule has 1 aliphatic carbocycles. The van der Waals surface area contributed by atoms with Crippen LogP contribution in [-0.4, -0.2) is 138 Å². The van der Waals surface area contributed by atoms with E-state index in [0.717, 1.165) is 6.08 Å². The lowest BCUT2D eigenvalue weighted by Crippen LogP contribution is -2.62. The SMILES string of the molecule is O=C1NCCCOc2c(O)cc(c(Br)c2Br)CC2=NOC3C(Br)C4(C=CC3(O)CC(=NO)C(=O)NCC(O)C(O)C(O)CNC2=O)Oc2cc(cc(Br)c2O4)CC1=NO. The Morgan fingerprint density at radius 2 is 1.51 bits per heavy atom. The molecule has 0 aromatic heterocycles. The molecule has 3 amide bonds. The number of rotatable bonds is 0. The van der Waals surface area contributed by atoms with Crippen LogP contribution in [0.4, 0.5) is 0 Å². The number of halogens is 4. The molecule has 0 fully saturated rings. The van der Waals surface area contributed by atoms with Crippen molar-refractivity contribution in [2.24, 2.45) is 15.5 Å². The van der Waals surface area contributed by atoms with Crippen molar-refractivity contribution < 1.29 is 69.4 Å². The minimum Gasteiger partial charge on any atom is -0.504 e. The number of fused-ring (bicyclic) bond motifs is 9. The summed E-state index contributed by atoms with van der Waals surface area (Å²) in [5, 5.41) is 92.4. The minimum atomic E-state index is -2.30. The predicted octanol–water partition coefficient (Wildman–Crippen LogP) is 1.02. The molecule has 7 unspecified atom stereocenters. The second kappa shape index (κ2) is 18.3. The Bertz CT molecular complexity index is 2140. The lowest BCUT2D eigenvalue weighted by atomic mass is 9.81. The van der Waals surface area contributed by atoms with Crippen LogP contribution in [0.25, 0.3) is 0 Å². The Kier molecular flexibility index (Phi) is 13.8. The zero-order valence-corrected chi connectivity index (χ0v) is 36.6. The Hall–Kier alpha value is -4.04. The summed E-state index contributed by atoms with van der Waals surface area (Å²) in [4.78, 5) is 44.7. The van der Waals surface area contributed by atoms with Crippen LogP contribution in [0.2, 0.25) is 0 Å². The zero-order chi connectivity index (χ0) is 42.8. The summed E-state index contributed by atoms with van der Waals surface area (Å²) in [6.45, 7) is -1.15. The number of nitrogens with zero attached hydrogens (tertiary/aromatic N) is 3. The van der Waals surface area contributed by atoms with E-state index in [0.29, 0.717) is 14.5 Å². The second-order valence-corrected chi connectivity index (χ2v) is 17.2. The number of aliphatic hydroxyl groups excluding tert-OH is 3. The van der Waals surface area contributed by atoms with Crippen molar-refractivity contribution in [3.63, 3.8) is 0 Å². The number of alkyl halides is 1. The van der Waals surface area contributed by atoms with E-state index in [1.165, 1.54) is 12.1 Å². The van der Waals surface area contributed by atoms with Crippen LogP contribution < -0.4 is 30.2 Å². The maximum Gasteiger partial charge on any atom is 0.287 e. The lowest BCUT2D eigenvalue weighted by Gasteiger charge is -2.43. The van der Waals surface area contributed by atoms with Crippen LogP contribution in [0.3, 0.4) is 0 Å². The van der Waals surface area contributed by atoms with Crippen LogP contribution in [0.1, 0.15) is 24.0 Å². The fourth-order valence-electron chi connectivity index (χ4n) is 6.45. The highest BCUT2D eigenvalue weighted by Crippen LogP contribution is 2.52. The van der Waals surface area contributed by atoms with E-state index in [4.69, 9.17) is 19.0 Å². The van der Waals surface area contributed by atoms with Gasteiger partial charge in [0.1, 0.15) is 33.7 Å². The fraction of sp³-hybridized carbons (Fsp3) is 0.429. The molecule has 5 aliphatic rings. The van der Waals surface area contributed by atoms with Crippen LogP contribution in [0.15, 0.2) is 59.2 Å². The van der Waals surface area contributed by atoms with Gasteiger partial charge >= 0.3 is 0 Å². The molecule has 318 valence electrons. The smallest absolute Gasteiger partial charge is 0.287 e. The van der Waals surface area contributed by atoms with Crippen molar-refractivity contribution in [2.75, 3.05) is 26.2 Å². The number of carbonyl (C=O) groups is 3. The van der Waals surface area contributed by atoms with Gasteiger partial charge in [-0.3, -0.25) is 14.4 Å². The van der Waals surface area contributed by atoms with Gasteiger partial charge in [0, 0.05) is 43.4 Å². The average molecular weight is 1080 g/mol. The predicted molar refractivity (Wildman–Crippen MR) is 218 cm³/mol. The minimum absolute atomic E-state index is 0.0152. The highest BCUT2D eigenvalue weighted by molar-refractivity contribution is 9.13. The number of benzene rings is 2. The largest absolute Gasteiger partial charge is 0.504 e. The van der Waals surface area contributed by atoms with E-state index < -0.39 is 89.3 Å². The maximum atomic E-state index is 13.8. The molecule has 24 heteroatoms. The number of oxime groups is 3. The first kappa shape index (κ1) is 44.5. The molecule has 7 rings (SSSR count). The molecular formula is C35H36Br4N6O14. The summed E-state index contributed by atoms with van der Waals surface area (Å²) in [7, 11) is 0. The third kappa shape index (κ3) is 9.33. The van der Waals surface area contributed by atoms with Gasteiger partial charge in [-0.2, -0.15) is 0 Å². The summed E-state index contributed by atoms with van der Waals surface area (Å²) < 4.78 is 19.4. The molecule has 0 saturated heterocycles. The topological polar surface area (TPSA) is 303 Å². The number of hydrogen-bond acceptors (Lipinski definition) is 17. The third-order valence-corrected chi connectivity index (χ3v) is 13.5. The number of phenols is 1. The van der Waals surface area contributed by atoms with Crippen molar-refractivity contribution >= 4 is 98.6 Å². The molecule has 10 N–H and O–H groups in total. The van der Waals surface area contributed by atoms with Crippen molar-refractivity contribution in [3.8, 4) is 23.0 Å². The van der Waals surface area contributed by atoms with Crippen molar-refractivity contribution in [3.05, 3.63) is 54.9 Å². The lowest BCUT2D eigenvalue weighted by molar-refractivity contribution is -0.141. The highest BCUT2D eigenvalue weighted by Gasteiger charge is 2.60. The highest BCUT2D eigenvalue weighted by atomic mass is 79.9. The van der Waals surface area contributed by atoms with Gasteiger partial charge in [0.2, 0.25) is 0 Å². The van der Waals surface area contributed by atoms with Crippen molar-refractivity contribution in [2.45, 2.75) is 66.3 Å². The van der Waals surface area contributed by atoms with Gasteiger partial charge in [0.25, 0.3) is 23.5 Å². The standard InChI is InChI=1S/C35H36Br4N6O14/c36-16-6-14-7-17(43-54)31(50)40-4-1-5-56-28-20(46)10-15(24(37)25(28)38)9-18-32(51)41-12-21(47)26(49)22(48)13-42-33(52)19(44-55)11-34(53)2-3-35(29(39)30(34)59-45-18)57-23(8-14)27(16)58-35/h2-3,6,8,10,21-22,26,29-30,46-49,53-55H,1,4-5,7,9,11-13H2,(H,40,50)(H,41,51)(H,42,52). The van der Waals surface area contributed by atoms with Gasteiger partial charge in [-0.15, -0.1) is 0 Å². The van der Waals surface area contributed by atoms with Gasteiger partial charge in [-0.25, -0.2) is 0 Å². The Morgan fingerprint density at radius 3 is 2.20 bits per heavy atom. The average Bonchev–Trinajstić information content (AvgIpc) is 3.60. The van der Waals surface area contributed by atoms with Crippen LogP contribution in [0.5, 0.6) is 23.0 Å². The molecule has 20 nitrogen and oxygen atoms in total. The number of carbonyl (C=O) groups excluding carboxylic acids is 3. The van der Waals surface area contributed by atoms with Gasteiger partial charge in [0.05, 0.1) is 27.8 Å². The number of aliphatic hydroxyl groups is 4. The number of amides is 3. The summed E-state index contributed by atoms with van der Waals surface area (Å²) in [6.07, 6.45) is -5.62. The third-order valence-electron chi connectivity index (χ3n) is 9.63. The van der Waals surface area contributed by atoms with Crippen LogP contribution in [-0.2, 0) is 32.1 Å². The number of aromatic hydroxyl groups is 1. The second-order valence-electron chi connectivity index (χ2n) is 13.8. The molecule has 7 atom stereocenters. The Morgan fingerprint density at radius 1 is 0.831 bits per heavy atom. The fourth-order valence-corrected chi connectivity index (χ4v) is 8.92. The normalized spacial score (nSPS) is 30.8. The van der Waals surface area contributed by atoms with E-state index in [1.54, 1.807) is 12.1 Å². The summed E-state index contributed by atoms with van der Waals surface area (Å²) in [6, 6.07) is 4.43. The summed E-state index contributed by atoms with van der Waals surface area (Å²) >= 11 is 13.8. The molecule has 2 aromatic carbocycles. The first-order chi connectivity index (χ1) is 28.0. The molecule has 0 saturated carbocycles. The number of hydrogen-bond donors (Lipinski definition) is 10. The number of β-amino-alcohol motifs (C(OH)–C–C–N with tert-alkyl or cyclic N) is 2. The van der Waals surface area contributed by atoms with Gasteiger partial charge < -0.3 is 70.9 Å².